The fraction of sp³-hybridized carbons (Fsp3) is 0.333. The number of ether oxygens (including phenoxy) is 3. The van der Waals surface area contributed by atoms with Gasteiger partial charge in [-0.2, -0.15) is 0 Å². The molecule has 2 amide bonds. The topological polar surface area (TPSA) is 85.9 Å². The van der Waals surface area contributed by atoms with Crippen LogP contribution in [0.25, 0.3) is 0 Å². The van der Waals surface area contributed by atoms with Crippen molar-refractivity contribution in [2.24, 2.45) is 5.92 Å². The van der Waals surface area contributed by atoms with Crippen LogP contribution in [0, 0.1) is 17.6 Å². The Morgan fingerprint density at radius 1 is 0.967 bits per heavy atom. The average molecular weight is 422 g/mol. The molecule has 2 rings (SSSR count). The molecule has 0 aliphatic carbocycles. The zero-order chi connectivity index (χ0) is 22.1. The summed E-state index contributed by atoms with van der Waals surface area (Å²) in [6, 6.07) is 7.32. The largest absolute Gasteiger partial charge is 0.493 e. The van der Waals surface area contributed by atoms with E-state index in [0.717, 1.165) is 18.6 Å². The molecule has 162 valence electrons. The SMILES string of the molecule is COc1cc(C(=O)NNC(=O)COc2ccc(F)cc2F)ccc1OCCC(C)C. The van der Waals surface area contributed by atoms with Gasteiger partial charge in [-0.15, -0.1) is 0 Å². The lowest BCUT2D eigenvalue weighted by molar-refractivity contribution is -0.123. The second-order valence-corrected chi connectivity index (χ2v) is 6.76. The minimum absolute atomic E-state index is 0.230. The molecule has 0 aliphatic rings. The number of nitrogens with one attached hydrogen (secondary N) is 2. The second kappa shape index (κ2) is 11.0. The standard InChI is InChI=1S/C21H24F2N2O5/c1-13(2)8-9-29-18-6-4-14(10-19(18)28-3)21(27)25-24-20(26)12-30-17-7-5-15(22)11-16(17)23/h4-7,10-11,13H,8-9,12H2,1-3H3,(H,24,26)(H,25,27). The number of hydrogen-bond acceptors (Lipinski definition) is 5. The Kier molecular flexibility index (Phi) is 8.40. The van der Waals surface area contributed by atoms with Gasteiger partial charge in [0.15, 0.2) is 29.7 Å². The molecule has 0 spiro atoms. The Bertz CT molecular complexity index is 890. The van der Waals surface area contributed by atoms with Crippen LogP contribution in [0.1, 0.15) is 30.6 Å². The monoisotopic (exact) mass is 422 g/mol. The second-order valence-electron chi connectivity index (χ2n) is 6.76. The quantitative estimate of drug-likeness (QED) is 0.606. The number of benzene rings is 2. The first-order valence-corrected chi connectivity index (χ1v) is 9.28. The molecule has 7 nitrogen and oxygen atoms in total. The van der Waals surface area contributed by atoms with Crippen molar-refractivity contribution in [2.75, 3.05) is 20.3 Å². The van der Waals surface area contributed by atoms with E-state index in [1.54, 1.807) is 6.07 Å². The third kappa shape index (κ3) is 6.91. The highest BCUT2D eigenvalue weighted by molar-refractivity contribution is 5.96. The molecule has 2 aromatic carbocycles. The van der Waals surface area contributed by atoms with Crippen LogP contribution in [0.4, 0.5) is 8.78 Å². The van der Waals surface area contributed by atoms with E-state index in [1.165, 1.54) is 19.2 Å². The Balaban J connectivity index is 1.86. The van der Waals surface area contributed by atoms with Crippen molar-refractivity contribution in [2.45, 2.75) is 20.3 Å². The number of rotatable bonds is 9. The third-order valence-electron chi connectivity index (χ3n) is 3.95. The first-order valence-electron chi connectivity index (χ1n) is 9.28. The number of amides is 2. The van der Waals surface area contributed by atoms with Gasteiger partial charge >= 0.3 is 0 Å². The van der Waals surface area contributed by atoms with Gasteiger partial charge in [-0.25, -0.2) is 8.78 Å². The van der Waals surface area contributed by atoms with E-state index in [0.29, 0.717) is 30.1 Å². The first kappa shape index (κ1) is 22.9. The number of hydrazine groups is 1. The zero-order valence-corrected chi connectivity index (χ0v) is 17.0. The molecule has 0 aliphatic heterocycles. The minimum Gasteiger partial charge on any atom is -0.493 e. The van der Waals surface area contributed by atoms with Gasteiger partial charge in [-0.05, 0) is 42.7 Å². The molecule has 0 heterocycles. The molecule has 0 fully saturated rings. The number of methoxy groups -OCH3 is 1. The summed E-state index contributed by atoms with van der Waals surface area (Å²) in [5.41, 5.74) is 4.60. The van der Waals surface area contributed by atoms with Gasteiger partial charge in [0.25, 0.3) is 11.8 Å². The maximum absolute atomic E-state index is 13.5. The molecule has 0 bridgehead atoms. The lowest BCUT2D eigenvalue weighted by Gasteiger charge is -2.13. The highest BCUT2D eigenvalue weighted by Crippen LogP contribution is 2.28. The van der Waals surface area contributed by atoms with Crippen LogP contribution in [-0.2, 0) is 4.79 Å². The maximum Gasteiger partial charge on any atom is 0.276 e. The van der Waals surface area contributed by atoms with Crippen molar-refractivity contribution in [1.29, 1.82) is 0 Å². The summed E-state index contributed by atoms with van der Waals surface area (Å²) in [5.74, 6) is -1.92. The van der Waals surface area contributed by atoms with Gasteiger partial charge in [-0.3, -0.25) is 20.4 Å². The van der Waals surface area contributed by atoms with Gasteiger partial charge in [0.05, 0.1) is 13.7 Å². The van der Waals surface area contributed by atoms with Crippen LogP contribution in [0.2, 0.25) is 0 Å². The Morgan fingerprint density at radius 2 is 1.70 bits per heavy atom. The highest BCUT2D eigenvalue weighted by Gasteiger charge is 2.13. The number of hydrogen-bond donors (Lipinski definition) is 2. The first-order chi connectivity index (χ1) is 14.3. The van der Waals surface area contributed by atoms with Crippen molar-refractivity contribution in [1.82, 2.24) is 10.9 Å². The van der Waals surface area contributed by atoms with E-state index < -0.39 is 30.1 Å². The highest BCUT2D eigenvalue weighted by atomic mass is 19.1. The number of carbonyl (C=O) groups is 2. The van der Waals surface area contributed by atoms with E-state index >= 15 is 0 Å². The molecule has 0 saturated carbocycles. The predicted molar refractivity (Wildman–Crippen MR) is 105 cm³/mol. The van der Waals surface area contributed by atoms with Crippen LogP contribution in [-0.4, -0.2) is 32.1 Å². The molecular weight excluding hydrogens is 398 g/mol. The van der Waals surface area contributed by atoms with Crippen molar-refractivity contribution >= 4 is 11.8 Å². The molecular formula is C21H24F2N2O5. The molecule has 0 radical (unpaired) electrons. The van der Waals surface area contributed by atoms with E-state index in [1.807, 2.05) is 0 Å². The minimum atomic E-state index is -0.936. The summed E-state index contributed by atoms with van der Waals surface area (Å²) < 4.78 is 42.2. The Morgan fingerprint density at radius 3 is 2.37 bits per heavy atom. The van der Waals surface area contributed by atoms with Gasteiger partial charge < -0.3 is 14.2 Å². The molecule has 0 unspecified atom stereocenters. The lowest BCUT2D eigenvalue weighted by atomic mass is 10.1. The summed E-state index contributed by atoms with van der Waals surface area (Å²) in [4.78, 5) is 24.0. The van der Waals surface area contributed by atoms with Crippen LogP contribution in [0.15, 0.2) is 36.4 Å². The Labute approximate surface area is 173 Å². The Hall–Kier alpha value is -3.36. The molecule has 0 aromatic heterocycles. The molecule has 2 N–H and O–H groups in total. The fourth-order valence-corrected chi connectivity index (χ4v) is 2.30. The van der Waals surface area contributed by atoms with Crippen LogP contribution in [0.5, 0.6) is 17.2 Å². The summed E-state index contributed by atoms with van der Waals surface area (Å²) >= 11 is 0. The van der Waals surface area contributed by atoms with E-state index in [-0.39, 0.29) is 11.3 Å². The van der Waals surface area contributed by atoms with Gasteiger partial charge in [0.2, 0.25) is 0 Å². The van der Waals surface area contributed by atoms with Crippen molar-refractivity contribution < 1.29 is 32.6 Å². The molecule has 9 heteroatoms. The van der Waals surface area contributed by atoms with Gasteiger partial charge in [0.1, 0.15) is 5.82 Å². The van der Waals surface area contributed by atoms with E-state index in [4.69, 9.17) is 14.2 Å². The maximum atomic E-state index is 13.5. The lowest BCUT2D eigenvalue weighted by Crippen LogP contribution is -2.43. The fourth-order valence-electron chi connectivity index (χ4n) is 2.30. The van der Waals surface area contributed by atoms with Gasteiger partial charge in [-0.1, -0.05) is 13.8 Å². The van der Waals surface area contributed by atoms with Crippen LogP contribution >= 0.6 is 0 Å². The molecule has 30 heavy (non-hydrogen) atoms. The van der Waals surface area contributed by atoms with Crippen molar-refractivity contribution in [3.8, 4) is 17.2 Å². The van der Waals surface area contributed by atoms with E-state index in [2.05, 4.69) is 24.7 Å². The van der Waals surface area contributed by atoms with Crippen LogP contribution in [0.3, 0.4) is 0 Å². The zero-order valence-electron chi connectivity index (χ0n) is 17.0. The smallest absolute Gasteiger partial charge is 0.276 e. The molecule has 0 saturated heterocycles. The summed E-state index contributed by atoms with van der Waals surface area (Å²) in [6.45, 7) is 4.12. The van der Waals surface area contributed by atoms with Crippen LogP contribution < -0.4 is 25.1 Å². The average Bonchev–Trinajstić information content (AvgIpc) is 2.71. The van der Waals surface area contributed by atoms with E-state index in [9.17, 15) is 18.4 Å². The normalized spacial score (nSPS) is 10.5. The number of halogens is 2. The third-order valence-corrected chi connectivity index (χ3v) is 3.95. The predicted octanol–water partition coefficient (Wildman–Crippen LogP) is 3.24. The molecule has 0 atom stereocenters. The van der Waals surface area contributed by atoms with Gasteiger partial charge in [0, 0.05) is 11.6 Å². The summed E-state index contributed by atoms with van der Waals surface area (Å²) in [6.07, 6.45) is 0.876. The van der Waals surface area contributed by atoms with Crippen molar-refractivity contribution in [3.05, 3.63) is 53.6 Å². The summed E-state index contributed by atoms with van der Waals surface area (Å²) in [5, 5.41) is 0. The van der Waals surface area contributed by atoms with Crippen molar-refractivity contribution in [3.63, 3.8) is 0 Å². The summed E-state index contributed by atoms with van der Waals surface area (Å²) in [7, 11) is 1.46. The number of carbonyl (C=O) groups excluding carboxylic acids is 2. The molecule has 2 aromatic rings.